The summed E-state index contributed by atoms with van der Waals surface area (Å²) < 4.78 is 0. The van der Waals surface area contributed by atoms with Gasteiger partial charge in [-0.2, -0.15) is 0 Å². The molecular formula is C6H13N2+. The van der Waals surface area contributed by atoms with Gasteiger partial charge in [-0.05, 0) is 6.20 Å². The van der Waals surface area contributed by atoms with Gasteiger partial charge in [0.15, 0.2) is 0 Å². The van der Waals surface area contributed by atoms with Gasteiger partial charge >= 0.3 is 0 Å². The first-order chi connectivity index (χ1) is 3.81. The van der Waals surface area contributed by atoms with Crippen molar-refractivity contribution >= 4 is 0 Å². The van der Waals surface area contributed by atoms with Gasteiger partial charge in [-0.25, -0.2) is 0 Å². The minimum Gasteiger partial charge on any atom is -0.353 e. The Kier molecular flexibility index (Phi) is 3.98. The Morgan fingerprint density at radius 2 is 2.25 bits per heavy atom. The van der Waals surface area contributed by atoms with E-state index in [1.165, 1.54) is 0 Å². The summed E-state index contributed by atoms with van der Waals surface area (Å²) >= 11 is 0. The smallest absolute Gasteiger partial charge is 0.109 e. The molecule has 0 bridgehead atoms. The van der Waals surface area contributed by atoms with Crippen molar-refractivity contribution in [3.63, 3.8) is 0 Å². The van der Waals surface area contributed by atoms with Crippen LogP contribution in [0.2, 0.25) is 0 Å². The fourth-order valence-electron chi connectivity index (χ4n) is 0.283. The molecule has 0 rings (SSSR count). The average molecular weight is 113 g/mol. The van der Waals surface area contributed by atoms with Crippen LogP contribution in [0.3, 0.4) is 0 Å². The van der Waals surface area contributed by atoms with Crippen LogP contribution >= 0.6 is 0 Å². The summed E-state index contributed by atoms with van der Waals surface area (Å²) in [6, 6.07) is 0. The number of hydrogen-bond donors (Lipinski definition) is 1. The molecule has 0 aliphatic rings. The van der Waals surface area contributed by atoms with E-state index in [4.69, 9.17) is 0 Å². The molecule has 0 amide bonds. The quantitative estimate of drug-likeness (QED) is 0.534. The van der Waals surface area contributed by atoms with Gasteiger partial charge in [0.25, 0.3) is 0 Å². The summed E-state index contributed by atoms with van der Waals surface area (Å²) in [5.74, 6) is 0. The Hall–Kier alpha value is -0.760. The number of quaternary nitrogens is 1. The van der Waals surface area contributed by atoms with E-state index >= 15 is 0 Å². The van der Waals surface area contributed by atoms with E-state index < -0.39 is 0 Å². The lowest BCUT2D eigenvalue weighted by atomic mass is 10.7. The molecule has 8 heavy (non-hydrogen) atoms. The Balaban J connectivity index is 3.35. The molecule has 0 aliphatic heterocycles. The molecule has 0 atom stereocenters. The summed E-state index contributed by atoms with van der Waals surface area (Å²) in [6.07, 6.45) is 5.65. The lowest BCUT2D eigenvalue weighted by Crippen LogP contribution is -2.72. The highest BCUT2D eigenvalue weighted by molar-refractivity contribution is 4.78. The van der Waals surface area contributed by atoms with E-state index in [0.29, 0.717) is 0 Å². The molecule has 0 aromatic rings. The molecule has 0 spiro atoms. The van der Waals surface area contributed by atoms with Gasteiger partial charge < -0.3 is 10.2 Å². The lowest BCUT2D eigenvalue weighted by molar-refractivity contribution is -0.557. The first-order valence-electron chi connectivity index (χ1n) is 2.62. The zero-order chi connectivity index (χ0) is 6.41. The fraction of sp³-hybridized carbons (Fsp3) is 0.333. The molecule has 2 nitrogen and oxygen atoms in total. The summed E-state index contributed by atoms with van der Waals surface area (Å²) in [4.78, 5) is 1.89. The van der Waals surface area contributed by atoms with E-state index in [9.17, 15) is 0 Å². The number of nitrogens with two attached hydrogens (primary N) is 1. The van der Waals surface area contributed by atoms with Crippen molar-refractivity contribution in [3.05, 3.63) is 25.2 Å². The SMILES string of the molecule is C=CN(C)C=C[NH2+]C. The second-order valence-electron chi connectivity index (χ2n) is 1.52. The van der Waals surface area contributed by atoms with Crippen LogP contribution in [0, 0.1) is 0 Å². The lowest BCUT2D eigenvalue weighted by Gasteiger charge is -2.01. The third-order valence-electron chi connectivity index (χ3n) is 0.802. The largest absolute Gasteiger partial charge is 0.353 e. The first kappa shape index (κ1) is 7.24. The molecule has 0 aliphatic carbocycles. The van der Waals surface area contributed by atoms with Gasteiger partial charge in [0.2, 0.25) is 0 Å². The summed E-state index contributed by atoms with van der Waals surface area (Å²) in [6.45, 7) is 3.57. The second kappa shape index (κ2) is 4.40. The van der Waals surface area contributed by atoms with Gasteiger partial charge in [-0.3, -0.25) is 0 Å². The van der Waals surface area contributed by atoms with Crippen molar-refractivity contribution in [2.75, 3.05) is 14.1 Å². The minimum atomic E-state index is 1.75. The van der Waals surface area contributed by atoms with Crippen molar-refractivity contribution in [1.29, 1.82) is 0 Å². The topological polar surface area (TPSA) is 19.9 Å². The van der Waals surface area contributed by atoms with Crippen molar-refractivity contribution in [3.8, 4) is 0 Å². The van der Waals surface area contributed by atoms with Crippen molar-refractivity contribution in [1.82, 2.24) is 4.90 Å². The van der Waals surface area contributed by atoms with Gasteiger partial charge in [0.05, 0.1) is 13.2 Å². The Morgan fingerprint density at radius 1 is 1.62 bits per heavy atom. The van der Waals surface area contributed by atoms with Crippen LogP contribution in [0.5, 0.6) is 0 Å². The monoisotopic (exact) mass is 113 g/mol. The molecule has 0 unspecified atom stereocenters. The van der Waals surface area contributed by atoms with Crippen LogP contribution in [-0.2, 0) is 0 Å². The normalized spacial score (nSPS) is 9.75. The van der Waals surface area contributed by atoms with Crippen LogP contribution in [0.25, 0.3) is 0 Å². The van der Waals surface area contributed by atoms with Crippen LogP contribution in [0.4, 0.5) is 0 Å². The predicted molar refractivity (Wildman–Crippen MR) is 34.9 cm³/mol. The number of rotatable bonds is 3. The Morgan fingerprint density at radius 3 is 2.62 bits per heavy atom. The molecule has 0 saturated carbocycles. The summed E-state index contributed by atoms with van der Waals surface area (Å²) in [5, 5.41) is 1.97. The molecule has 0 aromatic heterocycles. The van der Waals surface area contributed by atoms with Crippen LogP contribution in [0.1, 0.15) is 0 Å². The molecule has 2 N–H and O–H groups in total. The van der Waals surface area contributed by atoms with E-state index in [-0.39, 0.29) is 0 Å². The molecule has 0 aromatic carbocycles. The summed E-state index contributed by atoms with van der Waals surface area (Å²) in [5.41, 5.74) is 0. The first-order valence-corrected chi connectivity index (χ1v) is 2.62. The van der Waals surface area contributed by atoms with Crippen LogP contribution in [0.15, 0.2) is 25.2 Å². The molecule has 0 fully saturated rings. The maximum Gasteiger partial charge on any atom is 0.109 e. The zero-order valence-corrected chi connectivity index (χ0v) is 5.46. The molecule has 0 saturated heterocycles. The highest BCUT2D eigenvalue weighted by Gasteiger charge is 1.75. The van der Waals surface area contributed by atoms with Crippen molar-refractivity contribution in [2.24, 2.45) is 0 Å². The van der Waals surface area contributed by atoms with Gasteiger partial charge in [0, 0.05) is 7.05 Å². The van der Waals surface area contributed by atoms with Crippen molar-refractivity contribution in [2.45, 2.75) is 0 Å². The van der Waals surface area contributed by atoms with Crippen LogP contribution < -0.4 is 5.32 Å². The second-order valence-corrected chi connectivity index (χ2v) is 1.52. The van der Waals surface area contributed by atoms with E-state index in [1.807, 2.05) is 36.7 Å². The predicted octanol–water partition coefficient (Wildman–Crippen LogP) is -0.274. The third kappa shape index (κ3) is 3.43. The van der Waals surface area contributed by atoms with Crippen molar-refractivity contribution < 1.29 is 5.32 Å². The fourth-order valence-corrected chi connectivity index (χ4v) is 0.283. The Bertz CT molecular complexity index is 86.5. The minimum absolute atomic E-state index is 1.75. The Labute approximate surface area is 50.5 Å². The maximum absolute atomic E-state index is 3.57. The van der Waals surface area contributed by atoms with Gasteiger partial charge in [0.1, 0.15) is 6.20 Å². The molecular weight excluding hydrogens is 100 g/mol. The maximum atomic E-state index is 3.57. The number of hydrogen-bond acceptors (Lipinski definition) is 1. The highest BCUT2D eigenvalue weighted by Crippen LogP contribution is 1.77. The highest BCUT2D eigenvalue weighted by atomic mass is 15.1. The molecule has 0 radical (unpaired) electrons. The van der Waals surface area contributed by atoms with Gasteiger partial charge in [-0.1, -0.05) is 6.58 Å². The zero-order valence-electron chi connectivity index (χ0n) is 5.46. The molecule has 2 heteroatoms. The van der Waals surface area contributed by atoms with E-state index in [2.05, 4.69) is 6.58 Å². The third-order valence-corrected chi connectivity index (χ3v) is 0.802. The van der Waals surface area contributed by atoms with E-state index in [1.54, 1.807) is 6.20 Å². The summed E-state index contributed by atoms with van der Waals surface area (Å²) in [7, 11) is 3.92. The van der Waals surface area contributed by atoms with E-state index in [0.717, 1.165) is 0 Å². The number of nitrogens with zero attached hydrogens (tertiary/aromatic N) is 1. The standard InChI is InChI=1S/C6H12N2/c1-4-8(3)6-5-7-2/h4-7H,1H2,2-3H3/p+1. The molecule has 46 valence electrons. The van der Waals surface area contributed by atoms with Gasteiger partial charge in [-0.15, -0.1) is 0 Å². The van der Waals surface area contributed by atoms with Crippen LogP contribution in [-0.4, -0.2) is 19.0 Å². The molecule has 0 heterocycles. The average Bonchev–Trinajstić information content (AvgIpc) is 1.83.